The summed E-state index contributed by atoms with van der Waals surface area (Å²) < 4.78 is 11.4. The third-order valence-electron chi connectivity index (χ3n) is 4.63. The number of fused-ring (bicyclic) bond motifs is 1. The Bertz CT molecular complexity index is 1150. The van der Waals surface area contributed by atoms with Gasteiger partial charge in [0.25, 0.3) is 5.91 Å². The highest BCUT2D eigenvalue weighted by atomic mass is 16.5. The molecule has 5 heteroatoms. The van der Waals surface area contributed by atoms with E-state index in [1.165, 1.54) is 0 Å². The summed E-state index contributed by atoms with van der Waals surface area (Å²) in [4.78, 5) is 16.7. The lowest BCUT2D eigenvalue weighted by molar-refractivity contribution is -0.118. The average molecular weight is 386 g/mol. The second-order valence-corrected chi connectivity index (χ2v) is 7.05. The van der Waals surface area contributed by atoms with Crippen molar-refractivity contribution >= 4 is 22.7 Å². The smallest absolute Gasteiger partial charge is 0.262 e. The van der Waals surface area contributed by atoms with E-state index in [1.807, 2.05) is 80.6 Å². The number of hydrogen-bond acceptors (Lipinski definition) is 4. The molecule has 0 spiro atoms. The molecule has 3 aromatic carbocycles. The summed E-state index contributed by atoms with van der Waals surface area (Å²) in [6.45, 7) is 3.95. The molecule has 0 saturated carbocycles. The third-order valence-corrected chi connectivity index (χ3v) is 4.63. The van der Waals surface area contributed by atoms with Crippen LogP contribution in [0.1, 0.15) is 22.6 Å². The quantitative estimate of drug-likeness (QED) is 0.503. The van der Waals surface area contributed by atoms with Crippen LogP contribution in [0.3, 0.4) is 0 Å². The van der Waals surface area contributed by atoms with Crippen molar-refractivity contribution in [1.82, 2.24) is 4.98 Å². The van der Waals surface area contributed by atoms with Crippen LogP contribution in [0.4, 0.5) is 5.69 Å². The van der Waals surface area contributed by atoms with Crippen molar-refractivity contribution in [2.24, 2.45) is 0 Å². The summed E-state index contributed by atoms with van der Waals surface area (Å²) in [6.07, 6.45) is 0.596. The highest BCUT2D eigenvalue weighted by Gasteiger charge is 2.08. The highest BCUT2D eigenvalue weighted by Crippen LogP contribution is 2.20. The van der Waals surface area contributed by atoms with Gasteiger partial charge in [-0.1, -0.05) is 36.4 Å². The largest absolute Gasteiger partial charge is 0.483 e. The first-order valence-corrected chi connectivity index (χ1v) is 9.50. The standard InChI is InChI=1S/C24H22N2O3/c1-16-7-12-22-20(13-16)26-24(29-22)14-18-8-10-19(11-9-18)25-23(27)15-28-21-6-4-3-5-17(21)2/h3-13H,14-15H2,1-2H3,(H,25,27). The molecule has 4 rings (SSSR count). The molecule has 1 N–H and O–H groups in total. The number of nitrogens with one attached hydrogen (secondary N) is 1. The maximum atomic E-state index is 12.1. The van der Waals surface area contributed by atoms with Crippen molar-refractivity contribution < 1.29 is 13.9 Å². The summed E-state index contributed by atoms with van der Waals surface area (Å²) in [7, 11) is 0. The van der Waals surface area contributed by atoms with Crippen LogP contribution in [0.15, 0.2) is 71.1 Å². The molecular formula is C24H22N2O3. The first-order chi connectivity index (χ1) is 14.1. The number of hydrogen-bond donors (Lipinski definition) is 1. The summed E-state index contributed by atoms with van der Waals surface area (Å²) in [5.41, 5.74) is 5.60. The molecule has 0 fully saturated rings. The number of benzene rings is 3. The molecule has 0 saturated heterocycles. The lowest BCUT2D eigenvalue weighted by Gasteiger charge is -2.09. The Labute approximate surface area is 169 Å². The minimum absolute atomic E-state index is 0.0328. The number of oxazole rings is 1. The normalized spacial score (nSPS) is 10.8. The Hall–Kier alpha value is -3.60. The Morgan fingerprint density at radius 3 is 2.62 bits per heavy atom. The van der Waals surface area contributed by atoms with Gasteiger partial charge in [-0.25, -0.2) is 4.98 Å². The zero-order valence-corrected chi connectivity index (χ0v) is 16.4. The minimum atomic E-state index is -0.199. The van der Waals surface area contributed by atoms with Crippen LogP contribution in [0.2, 0.25) is 0 Å². The van der Waals surface area contributed by atoms with E-state index in [4.69, 9.17) is 9.15 Å². The van der Waals surface area contributed by atoms with E-state index < -0.39 is 0 Å². The fourth-order valence-corrected chi connectivity index (χ4v) is 3.10. The molecule has 0 aliphatic heterocycles. The maximum Gasteiger partial charge on any atom is 0.262 e. The van der Waals surface area contributed by atoms with E-state index in [9.17, 15) is 4.79 Å². The van der Waals surface area contributed by atoms with Crippen molar-refractivity contribution in [3.05, 3.63) is 89.3 Å². The average Bonchev–Trinajstić information content (AvgIpc) is 3.10. The zero-order valence-electron chi connectivity index (χ0n) is 16.4. The van der Waals surface area contributed by atoms with Gasteiger partial charge in [0.1, 0.15) is 11.3 Å². The highest BCUT2D eigenvalue weighted by molar-refractivity contribution is 5.91. The van der Waals surface area contributed by atoms with Crippen LogP contribution in [-0.2, 0) is 11.2 Å². The number of nitrogens with zero attached hydrogens (tertiary/aromatic N) is 1. The Balaban J connectivity index is 1.34. The monoisotopic (exact) mass is 386 g/mol. The molecule has 1 aromatic heterocycles. The van der Waals surface area contributed by atoms with E-state index in [-0.39, 0.29) is 12.5 Å². The molecule has 0 atom stereocenters. The Morgan fingerprint density at radius 2 is 1.83 bits per heavy atom. The minimum Gasteiger partial charge on any atom is -0.483 e. The first-order valence-electron chi connectivity index (χ1n) is 9.50. The van der Waals surface area contributed by atoms with E-state index >= 15 is 0 Å². The molecule has 0 unspecified atom stereocenters. The van der Waals surface area contributed by atoms with Gasteiger partial charge in [-0.2, -0.15) is 0 Å². The van der Waals surface area contributed by atoms with Crippen LogP contribution in [-0.4, -0.2) is 17.5 Å². The molecular weight excluding hydrogens is 364 g/mol. The van der Waals surface area contributed by atoms with Gasteiger partial charge < -0.3 is 14.5 Å². The molecule has 5 nitrogen and oxygen atoms in total. The van der Waals surface area contributed by atoms with Gasteiger partial charge in [0.15, 0.2) is 18.1 Å². The summed E-state index contributed by atoms with van der Waals surface area (Å²) in [6, 6.07) is 21.2. The topological polar surface area (TPSA) is 64.4 Å². The number of aryl methyl sites for hydroxylation is 2. The molecule has 29 heavy (non-hydrogen) atoms. The lowest BCUT2D eigenvalue weighted by Crippen LogP contribution is -2.20. The van der Waals surface area contributed by atoms with Crippen molar-refractivity contribution in [3.8, 4) is 5.75 Å². The molecule has 4 aromatic rings. The second-order valence-electron chi connectivity index (χ2n) is 7.05. The molecule has 0 aliphatic rings. The van der Waals surface area contributed by atoms with Gasteiger partial charge in [0.05, 0.1) is 0 Å². The van der Waals surface area contributed by atoms with E-state index in [2.05, 4.69) is 10.3 Å². The predicted octanol–water partition coefficient (Wildman–Crippen LogP) is 5.05. The third kappa shape index (κ3) is 4.63. The Kier molecular flexibility index (Phi) is 5.29. The maximum absolute atomic E-state index is 12.1. The number of ether oxygens (including phenoxy) is 1. The van der Waals surface area contributed by atoms with Gasteiger partial charge in [0.2, 0.25) is 0 Å². The second kappa shape index (κ2) is 8.19. The van der Waals surface area contributed by atoms with Crippen molar-refractivity contribution in [3.63, 3.8) is 0 Å². The number of carbonyl (C=O) groups is 1. The van der Waals surface area contributed by atoms with Crippen molar-refractivity contribution in [2.45, 2.75) is 20.3 Å². The fourth-order valence-electron chi connectivity index (χ4n) is 3.10. The van der Waals surface area contributed by atoms with Crippen LogP contribution in [0.5, 0.6) is 5.75 Å². The molecule has 146 valence electrons. The predicted molar refractivity (Wildman–Crippen MR) is 113 cm³/mol. The summed E-state index contributed by atoms with van der Waals surface area (Å²) >= 11 is 0. The van der Waals surface area contributed by atoms with Gasteiger partial charge in [0, 0.05) is 12.1 Å². The number of para-hydroxylation sites is 1. The van der Waals surface area contributed by atoms with Gasteiger partial charge in [-0.05, 0) is 60.9 Å². The number of aromatic nitrogens is 1. The van der Waals surface area contributed by atoms with Crippen molar-refractivity contribution in [1.29, 1.82) is 0 Å². The molecule has 0 aliphatic carbocycles. The molecule has 1 amide bonds. The Morgan fingerprint density at radius 1 is 1.03 bits per heavy atom. The summed E-state index contributed by atoms with van der Waals surface area (Å²) in [5, 5.41) is 2.85. The van der Waals surface area contributed by atoms with E-state index in [1.54, 1.807) is 0 Å². The SMILES string of the molecule is Cc1ccc2oc(Cc3ccc(NC(=O)COc4ccccc4C)cc3)nc2c1. The van der Waals surface area contributed by atoms with Crippen LogP contribution in [0, 0.1) is 13.8 Å². The summed E-state index contributed by atoms with van der Waals surface area (Å²) in [5.74, 6) is 1.19. The van der Waals surface area contributed by atoms with Gasteiger partial charge in [-0.15, -0.1) is 0 Å². The first kappa shape index (κ1) is 18.7. The molecule has 0 radical (unpaired) electrons. The van der Waals surface area contributed by atoms with Gasteiger partial charge in [-0.3, -0.25) is 4.79 Å². The molecule has 0 bridgehead atoms. The van der Waals surface area contributed by atoms with Crippen molar-refractivity contribution in [2.75, 3.05) is 11.9 Å². The fraction of sp³-hybridized carbons (Fsp3) is 0.167. The molecule has 1 heterocycles. The van der Waals surface area contributed by atoms with E-state index in [0.717, 1.165) is 33.5 Å². The zero-order chi connectivity index (χ0) is 20.2. The van der Waals surface area contributed by atoms with Crippen LogP contribution >= 0.6 is 0 Å². The van der Waals surface area contributed by atoms with E-state index in [0.29, 0.717) is 18.1 Å². The number of carbonyl (C=O) groups excluding carboxylic acids is 1. The lowest BCUT2D eigenvalue weighted by atomic mass is 10.1. The number of rotatable bonds is 6. The van der Waals surface area contributed by atoms with Crippen LogP contribution < -0.4 is 10.1 Å². The van der Waals surface area contributed by atoms with Crippen LogP contribution in [0.25, 0.3) is 11.1 Å². The number of amides is 1. The number of anilines is 1. The van der Waals surface area contributed by atoms with Gasteiger partial charge >= 0.3 is 0 Å².